The number of carbonyl (C=O) groups excluding carboxylic acids is 1. The minimum atomic E-state index is -3.51. The first-order chi connectivity index (χ1) is 14.7. The van der Waals surface area contributed by atoms with Gasteiger partial charge in [-0.05, 0) is 70.3 Å². The van der Waals surface area contributed by atoms with Gasteiger partial charge < -0.3 is 10.4 Å². The fourth-order valence-electron chi connectivity index (χ4n) is 4.80. The highest BCUT2D eigenvalue weighted by atomic mass is 32.2. The van der Waals surface area contributed by atoms with Gasteiger partial charge in [-0.1, -0.05) is 0 Å². The van der Waals surface area contributed by atoms with E-state index in [1.807, 2.05) is 0 Å². The van der Waals surface area contributed by atoms with Crippen molar-refractivity contribution in [2.45, 2.75) is 61.0 Å². The molecule has 3 N–H and O–H groups in total. The van der Waals surface area contributed by atoms with Crippen LogP contribution in [0.4, 0.5) is 17.5 Å². The van der Waals surface area contributed by atoms with Crippen LogP contribution in [0.2, 0.25) is 0 Å². The molecule has 3 aliphatic rings. The molecule has 2 fully saturated rings. The number of amides is 1. The highest BCUT2D eigenvalue weighted by molar-refractivity contribution is 7.89. The molecular weight excluding hydrogens is 418 g/mol. The summed E-state index contributed by atoms with van der Waals surface area (Å²) in [6.07, 6.45) is 5.52. The largest absolute Gasteiger partial charge is 0.388 e. The molecule has 0 saturated heterocycles. The molecule has 1 aromatic heterocycles. The van der Waals surface area contributed by atoms with Crippen molar-refractivity contribution in [2.24, 2.45) is 0 Å². The summed E-state index contributed by atoms with van der Waals surface area (Å²) >= 11 is 0. The molecule has 1 amide bonds. The van der Waals surface area contributed by atoms with E-state index in [-0.39, 0.29) is 16.8 Å². The van der Waals surface area contributed by atoms with Gasteiger partial charge in [-0.15, -0.1) is 0 Å². The summed E-state index contributed by atoms with van der Waals surface area (Å²) in [6, 6.07) is 5.95. The number of nitrogens with one attached hydrogen (secondary N) is 2. The second-order valence-electron chi connectivity index (χ2n) is 8.81. The van der Waals surface area contributed by atoms with E-state index in [1.165, 1.54) is 19.2 Å². The number of hydrogen-bond acceptors (Lipinski definition) is 7. The summed E-state index contributed by atoms with van der Waals surface area (Å²) in [4.78, 5) is 24.2. The first kappa shape index (κ1) is 20.3. The molecule has 2 saturated carbocycles. The van der Waals surface area contributed by atoms with Gasteiger partial charge in [0, 0.05) is 17.4 Å². The first-order valence-electron chi connectivity index (χ1n) is 10.4. The molecule has 5 rings (SSSR count). The van der Waals surface area contributed by atoms with Crippen LogP contribution in [-0.2, 0) is 20.2 Å². The number of aliphatic hydroxyl groups is 1. The van der Waals surface area contributed by atoms with E-state index >= 15 is 0 Å². The Kier molecular flexibility index (Phi) is 4.41. The summed E-state index contributed by atoms with van der Waals surface area (Å²) in [5, 5.41) is 13.9. The summed E-state index contributed by atoms with van der Waals surface area (Å²) in [5.41, 5.74) is -0.0166. The number of aromatic nitrogens is 2. The van der Waals surface area contributed by atoms with E-state index in [1.54, 1.807) is 30.2 Å². The van der Waals surface area contributed by atoms with Crippen molar-refractivity contribution in [3.8, 4) is 0 Å². The van der Waals surface area contributed by atoms with Gasteiger partial charge >= 0.3 is 0 Å². The molecule has 2 heterocycles. The molecule has 2 atom stereocenters. The summed E-state index contributed by atoms with van der Waals surface area (Å²) in [6.45, 7) is 1.79. The Morgan fingerprint density at radius 3 is 2.48 bits per heavy atom. The molecule has 2 aliphatic carbocycles. The number of anilines is 3. The van der Waals surface area contributed by atoms with E-state index in [4.69, 9.17) is 0 Å². The van der Waals surface area contributed by atoms with Crippen molar-refractivity contribution in [3.05, 3.63) is 36.0 Å². The zero-order chi connectivity index (χ0) is 22.0. The zero-order valence-corrected chi connectivity index (χ0v) is 18.2. The van der Waals surface area contributed by atoms with E-state index < -0.39 is 21.0 Å². The molecule has 1 aromatic carbocycles. The van der Waals surface area contributed by atoms with Crippen molar-refractivity contribution in [1.29, 1.82) is 0 Å². The van der Waals surface area contributed by atoms with Gasteiger partial charge in [0.1, 0.15) is 5.82 Å². The Morgan fingerprint density at radius 2 is 1.90 bits per heavy atom. The van der Waals surface area contributed by atoms with E-state index in [0.717, 1.165) is 31.2 Å². The quantitative estimate of drug-likeness (QED) is 0.644. The van der Waals surface area contributed by atoms with Gasteiger partial charge in [-0.2, -0.15) is 4.98 Å². The van der Waals surface area contributed by atoms with E-state index in [9.17, 15) is 18.3 Å². The SMILES string of the molecule is CNS(=O)(=O)c1ccc(Nc2ncc3c(n2)N([C@H]2CCC[C@@]2(C)O)C(=O)C32CC2)cc1. The average molecular weight is 444 g/mol. The Labute approximate surface area is 181 Å². The number of benzene rings is 1. The van der Waals surface area contributed by atoms with Crippen LogP contribution >= 0.6 is 0 Å². The predicted octanol–water partition coefficient (Wildman–Crippen LogP) is 1.81. The van der Waals surface area contributed by atoms with Crippen molar-refractivity contribution >= 4 is 33.4 Å². The third-order valence-corrected chi connectivity index (χ3v) is 8.20. The van der Waals surface area contributed by atoms with Crippen LogP contribution in [0.3, 0.4) is 0 Å². The van der Waals surface area contributed by atoms with Crippen LogP contribution in [0.5, 0.6) is 0 Å². The molecule has 2 aromatic rings. The molecule has 1 spiro atoms. The molecule has 31 heavy (non-hydrogen) atoms. The van der Waals surface area contributed by atoms with Crippen LogP contribution in [0, 0.1) is 0 Å². The zero-order valence-electron chi connectivity index (χ0n) is 17.4. The maximum absolute atomic E-state index is 13.3. The molecule has 0 unspecified atom stereocenters. The van der Waals surface area contributed by atoms with Gasteiger partial charge in [0.2, 0.25) is 21.9 Å². The Bertz CT molecular complexity index is 1160. The Morgan fingerprint density at radius 1 is 1.19 bits per heavy atom. The molecule has 164 valence electrons. The Hall–Kier alpha value is -2.56. The second-order valence-corrected chi connectivity index (χ2v) is 10.7. The fourth-order valence-corrected chi connectivity index (χ4v) is 5.53. The van der Waals surface area contributed by atoms with Crippen LogP contribution in [0.1, 0.15) is 44.6 Å². The number of hydrogen-bond donors (Lipinski definition) is 3. The number of fused-ring (bicyclic) bond motifs is 2. The minimum Gasteiger partial charge on any atom is -0.388 e. The molecule has 10 heteroatoms. The lowest BCUT2D eigenvalue weighted by Gasteiger charge is -2.33. The van der Waals surface area contributed by atoms with Crippen molar-refractivity contribution in [3.63, 3.8) is 0 Å². The third-order valence-electron chi connectivity index (χ3n) is 6.77. The van der Waals surface area contributed by atoms with Crippen LogP contribution in [-0.4, -0.2) is 48.1 Å². The van der Waals surface area contributed by atoms with E-state index in [2.05, 4.69) is 20.0 Å². The molecule has 9 nitrogen and oxygen atoms in total. The average Bonchev–Trinajstić information content (AvgIpc) is 3.42. The van der Waals surface area contributed by atoms with Gasteiger partial charge in [0.15, 0.2) is 0 Å². The topological polar surface area (TPSA) is 125 Å². The molecule has 0 radical (unpaired) electrons. The maximum Gasteiger partial charge on any atom is 0.240 e. The monoisotopic (exact) mass is 443 g/mol. The van der Waals surface area contributed by atoms with Crippen molar-refractivity contribution in [1.82, 2.24) is 14.7 Å². The predicted molar refractivity (Wildman–Crippen MR) is 115 cm³/mol. The van der Waals surface area contributed by atoms with Gasteiger partial charge in [0.05, 0.1) is 22.0 Å². The Balaban J connectivity index is 1.47. The second kappa shape index (κ2) is 6.72. The minimum absolute atomic E-state index is 0.0164. The summed E-state index contributed by atoms with van der Waals surface area (Å²) in [7, 11) is -2.15. The standard InChI is InChI=1S/C21H25N5O4S/c1-20(28)9-3-4-16(20)26-17-15(21(10-11-21)18(26)27)12-23-19(25-17)24-13-5-7-14(8-6-13)31(29,30)22-2/h5-8,12,16,22,28H,3-4,9-11H2,1-2H3,(H,23,24,25)/t16-,20+/m0/s1. The van der Waals surface area contributed by atoms with Crippen LogP contribution in [0.15, 0.2) is 35.4 Å². The smallest absolute Gasteiger partial charge is 0.240 e. The summed E-state index contributed by atoms with van der Waals surface area (Å²) < 4.78 is 26.1. The number of sulfonamides is 1. The molecule has 0 bridgehead atoms. The highest BCUT2D eigenvalue weighted by Crippen LogP contribution is 2.58. The van der Waals surface area contributed by atoms with Gasteiger partial charge in [-0.3, -0.25) is 9.69 Å². The molecular formula is C21H25N5O4S. The lowest BCUT2D eigenvalue weighted by molar-refractivity contribution is -0.121. The molecule has 1 aliphatic heterocycles. The highest BCUT2D eigenvalue weighted by Gasteiger charge is 2.63. The lowest BCUT2D eigenvalue weighted by Crippen LogP contribution is -2.50. The fraction of sp³-hybridized carbons (Fsp3) is 0.476. The van der Waals surface area contributed by atoms with Crippen LogP contribution < -0.4 is 14.9 Å². The van der Waals surface area contributed by atoms with Crippen LogP contribution in [0.25, 0.3) is 0 Å². The third kappa shape index (κ3) is 3.12. The maximum atomic E-state index is 13.3. The van der Waals surface area contributed by atoms with E-state index in [0.29, 0.717) is 23.9 Å². The van der Waals surface area contributed by atoms with Gasteiger partial charge in [-0.25, -0.2) is 18.1 Å². The lowest BCUT2D eigenvalue weighted by atomic mass is 9.98. The summed E-state index contributed by atoms with van der Waals surface area (Å²) in [5.74, 6) is 0.903. The number of rotatable bonds is 5. The first-order valence-corrected chi connectivity index (χ1v) is 11.9. The number of carbonyl (C=O) groups is 1. The normalized spacial score (nSPS) is 26.4. The number of nitrogens with zero attached hydrogens (tertiary/aromatic N) is 3. The van der Waals surface area contributed by atoms with Crippen molar-refractivity contribution < 1.29 is 18.3 Å². The van der Waals surface area contributed by atoms with Gasteiger partial charge in [0.25, 0.3) is 0 Å². The van der Waals surface area contributed by atoms with Crippen molar-refractivity contribution in [2.75, 3.05) is 17.3 Å².